The minimum absolute atomic E-state index is 0.0710. The number of nitrogens with one attached hydrogen (secondary N) is 1. The van der Waals surface area contributed by atoms with Gasteiger partial charge in [-0.15, -0.1) is 0 Å². The number of likely N-dealkylation sites (tertiary alicyclic amines) is 1. The summed E-state index contributed by atoms with van der Waals surface area (Å²) in [5.74, 6) is 0.682. The molecule has 0 bridgehead atoms. The summed E-state index contributed by atoms with van der Waals surface area (Å²) < 4.78 is 5.13. The average molecular weight is 224 g/mol. The van der Waals surface area contributed by atoms with E-state index in [2.05, 4.69) is 15.2 Å². The van der Waals surface area contributed by atoms with E-state index in [1.165, 1.54) is 6.33 Å². The number of amides is 1. The van der Waals surface area contributed by atoms with Crippen LogP contribution in [0.3, 0.4) is 0 Å². The van der Waals surface area contributed by atoms with Gasteiger partial charge in [0.15, 0.2) is 0 Å². The predicted octanol–water partition coefficient (Wildman–Crippen LogP) is 0.303. The van der Waals surface area contributed by atoms with Crippen LogP contribution in [0.5, 0.6) is 0 Å². The lowest BCUT2D eigenvalue weighted by Gasteiger charge is -2.31. The fourth-order valence-corrected chi connectivity index (χ4v) is 2.08. The van der Waals surface area contributed by atoms with E-state index in [0.29, 0.717) is 18.3 Å². The van der Waals surface area contributed by atoms with Crippen LogP contribution in [0.1, 0.15) is 23.5 Å². The first-order valence-electron chi connectivity index (χ1n) is 5.45. The summed E-state index contributed by atoms with van der Waals surface area (Å²) in [4.78, 5) is 17.6. The van der Waals surface area contributed by atoms with Gasteiger partial charge < -0.3 is 9.64 Å². The molecule has 1 N–H and O–H groups in total. The number of H-pyrrole nitrogens is 1. The smallest absolute Gasteiger partial charge is 0.291 e. The van der Waals surface area contributed by atoms with Crippen LogP contribution in [0.15, 0.2) is 6.33 Å². The summed E-state index contributed by atoms with van der Waals surface area (Å²) in [6.07, 6.45) is 3.49. The van der Waals surface area contributed by atoms with Crippen molar-refractivity contribution in [2.24, 2.45) is 5.92 Å². The monoisotopic (exact) mass is 224 g/mol. The molecule has 1 fully saturated rings. The van der Waals surface area contributed by atoms with Gasteiger partial charge in [-0.3, -0.25) is 9.89 Å². The molecule has 88 valence electrons. The maximum Gasteiger partial charge on any atom is 0.291 e. The molecule has 16 heavy (non-hydrogen) atoms. The van der Waals surface area contributed by atoms with E-state index in [4.69, 9.17) is 4.74 Å². The molecule has 0 radical (unpaired) electrons. The maximum absolute atomic E-state index is 12.0. The molecule has 0 spiro atoms. The quantitative estimate of drug-likeness (QED) is 0.801. The third-order valence-corrected chi connectivity index (χ3v) is 2.83. The highest BCUT2D eigenvalue weighted by Crippen LogP contribution is 2.17. The number of nitrogens with zero attached hydrogens (tertiary/aromatic N) is 3. The van der Waals surface area contributed by atoms with E-state index in [-0.39, 0.29) is 5.91 Å². The van der Waals surface area contributed by atoms with Crippen molar-refractivity contribution in [2.45, 2.75) is 12.8 Å². The minimum Gasteiger partial charge on any atom is -0.384 e. The number of carbonyl (C=O) groups excluding carboxylic acids is 1. The van der Waals surface area contributed by atoms with Gasteiger partial charge in [0.2, 0.25) is 5.82 Å². The summed E-state index contributed by atoms with van der Waals surface area (Å²) in [5, 5.41) is 6.28. The van der Waals surface area contributed by atoms with Crippen LogP contribution < -0.4 is 0 Å². The summed E-state index contributed by atoms with van der Waals surface area (Å²) in [7, 11) is 1.69. The van der Waals surface area contributed by atoms with Gasteiger partial charge in [-0.25, -0.2) is 4.98 Å². The lowest BCUT2D eigenvalue weighted by Crippen LogP contribution is -2.41. The predicted molar refractivity (Wildman–Crippen MR) is 56.9 cm³/mol. The van der Waals surface area contributed by atoms with Crippen LogP contribution in [0.2, 0.25) is 0 Å². The van der Waals surface area contributed by atoms with Crippen molar-refractivity contribution in [3.8, 4) is 0 Å². The third kappa shape index (κ3) is 2.38. The van der Waals surface area contributed by atoms with Crippen LogP contribution in [-0.2, 0) is 4.74 Å². The van der Waals surface area contributed by atoms with Crippen molar-refractivity contribution in [1.29, 1.82) is 0 Å². The van der Waals surface area contributed by atoms with E-state index in [0.717, 1.165) is 25.9 Å². The molecule has 2 rings (SSSR count). The van der Waals surface area contributed by atoms with Crippen LogP contribution >= 0.6 is 0 Å². The molecule has 1 amide bonds. The van der Waals surface area contributed by atoms with Crippen molar-refractivity contribution < 1.29 is 9.53 Å². The molecule has 1 aliphatic heterocycles. The largest absolute Gasteiger partial charge is 0.384 e. The Bertz CT molecular complexity index is 337. The zero-order valence-electron chi connectivity index (χ0n) is 9.35. The van der Waals surface area contributed by atoms with Gasteiger partial charge in [-0.05, 0) is 18.8 Å². The molecule has 6 heteroatoms. The Morgan fingerprint density at radius 3 is 3.31 bits per heavy atom. The Hall–Kier alpha value is -1.43. The normalized spacial score (nSPS) is 21.1. The molecule has 1 aliphatic rings. The molecule has 6 nitrogen and oxygen atoms in total. The topological polar surface area (TPSA) is 71.1 Å². The van der Waals surface area contributed by atoms with Crippen LogP contribution in [0.4, 0.5) is 0 Å². The summed E-state index contributed by atoms with van der Waals surface area (Å²) in [6.45, 7) is 2.24. The second-order valence-corrected chi connectivity index (χ2v) is 4.05. The number of ether oxygens (including phenoxy) is 1. The van der Waals surface area contributed by atoms with E-state index in [1.807, 2.05) is 4.90 Å². The molecule has 2 heterocycles. The van der Waals surface area contributed by atoms with Gasteiger partial charge in [0.25, 0.3) is 5.91 Å². The van der Waals surface area contributed by atoms with Crippen LogP contribution in [0, 0.1) is 5.92 Å². The zero-order valence-corrected chi connectivity index (χ0v) is 9.35. The molecule has 1 saturated heterocycles. The van der Waals surface area contributed by atoms with Gasteiger partial charge in [0, 0.05) is 20.2 Å². The van der Waals surface area contributed by atoms with E-state index >= 15 is 0 Å². The van der Waals surface area contributed by atoms with E-state index < -0.39 is 0 Å². The van der Waals surface area contributed by atoms with Crippen LogP contribution in [-0.4, -0.2) is 52.8 Å². The molecule has 1 aromatic rings. The van der Waals surface area contributed by atoms with Crippen molar-refractivity contribution in [1.82, 2.24) is 20.1 Å². The minimum atomic E-state index is -0.0710. The maximum atomic E-state index is 12.0. The van der Waals surface area contributed by atoms with Crippen LogP contribution in [0.25, 0.3) is 0 Å². The SMILES string of the molecule is COCC1CCCN(C(=O)c2ncn[nH]2)C1. The first-order valence-corrected chi connectivity index (χ1v) is 5.45. The number of carbonyl (C=O) groups is 1. The summed E-state index contributed by atoms with van der Waals surface area (Å²) in [6, 6.07) is 0. The van der Waals surface area contributed by atoms with Gasteiger partial charge in [0.05, 0.1) is 6.61 Å². The molecule has 1 atom stereocenters. The number of piperidine rings is 1. The Morgan fingerprint density at radius 2 is 2.62 bits per heavy atom. The lowest BCUT2D eigenvalue weighted by molar-refractivity contribution is 0.0560. The molecule has 1 aromatic heterocycles. The van der Waals surface area contributed by atoms with Gasteiger partial charge in [-0.2, -0.15) is 5.10 Å². The molecule has 1 unspecified atom stereocenters. The van der Waals surface area contributed by atoms with Gasteiger partial charge >= 0.3 is 0 Å². The number of hydrogen-bond acceptors (Lipinski definition) is 4. The molecular weight excluding hydrogens is 208 g/mol. The summed E-state index contributed by atoms with van der Waals surface area (Å²) >= 11 is 0. The van der Waals surface area contributed by atoms with Gasteiger partial charge in [-0.1, -0.05) is 0 Å². The number of aromatic nitrogens is 3. The van der Waals surface area contributed by atoms with E-state index in [9.17, 15) is 4.79 Å². The van der Waals surface area contributed by atoms with Gasteiger partial charge in [0.1, 0.15) is 6.33 Å². The Labute approximate surface area is 94.0 Å². The second-order valence-electron chi connectivity index (χ2n) is 4.05. The Balaban J connectivity index is 1.96. The third-order valence-electron chi connectivity index (χ3n) is 2.83. The highest BCUT2D eigenvalue weighted by atomic mass is 16.5. The Morgan fingerprint density at radius 1 is 1.75 bits per heavy atom. The molecule has 0 aromatic carbocycles. The van der Waals surface area contributed by atoms with Crippen molar-refractivity contribution in [3.63, 3.8) is 0 Å². The standard InChI is InChI=1S/C10H16N4O2/c1-16-6-8-3-2-4-14(5-8)10(15)9-11-7-12-13-9/h7-8H,2-6H2,1H3,(H,11,12,13). The second kappa shape index (κ2) is 5.07. The van der Waals surface area contributed by atoms with Crippen molar-refractivity contribution >= 4 is 5.91 Å². The number of hydrogen-bond donors (Lipinski definition) is 1. The fourth-order valence-electron chi connectivity index (χ4n) is 2.08. The average Bonchev–Trinajstić information content (AvgIpc) is 2.82. The summed E-state index contributed by atoms with van der Waals surface area (Å²) in [5.41, 5.74) is 0. The first kappa shape index (κ1) is 11.1. The van der Waals surface area contributed by atoms with Crippen molar-refractivity contribution in [2.75, 3.05) is 26.8 Å². The first-order chi connectivity index (χ1) is 7.81. The number of rotatable bonds is 3. The molecule has 0 saturated carbocycles. The molecular formula is C10H16N4O2. The van der Waals surface area contributed by atoms with Crippen molar-refractivity contribution in [3.05, 3.63) is 12.2 Å². The zero-order chi connectivity index (χ0) is 11.4. The highest BCUT2D eigenvalue weighted by Gasteiger charge is 2.25. The molecule has 0 aliphatic carbocycles. The Kier molecular flexibility index (Phi) is 3.51. The number of aromatic amines is 1. The lowest BCUT2D eigenvalue weighted by atomic mass is 9.99. The van der Waals surface area contributed by atoms with E-state index in [1.54, 1.807) is 7.11 Å². The fraction of sp³-hybridized carbons (Fsp3) is 0.700. The number of methoxy groups -OCH3 is 1. The highest BCUT2D eigenvalue weighted by molar-refractivity contribution is 5.90.